The minimum absolute atomic E-state index is 0.229. The van der Waals surface area contributed by atoms with Gasteiger partial charge in [0, 0.05) is 4.47 Å². The van der Waals surface area contributed by atoms with E-state index >= 15 is 0 Å². The van der Waals surface area contributed by atoms with Gasteiger partial charge in [-0.3, -0.25) is 0 Å². The molecule has 0 aliphatic heterocycles. The van der Waals surface area contributed by atoms with Crippen LogP contribution >= 0.6 is 15.9 Å². The van der Waals surface area contributed by atoms with Gasteiger partial charge in [-0.25, -0.2) is 9.48 Å². The fraction of sp³-hybridized carbons (Fsp3) is 0.250. The van der Waals surface area contributed by atoms with Gasteiger partial charge in [-0.1, -0.05) is 33.3 Å². The van der Waals surface area contributed by atoms with Crippen molar-refractivity contribution in [1.82, 2.24) is 15.0 Å². The van der Waals surface area contributed by atoms with Crippen molar-refractivity contribution >= 4 is 21.9 Å². The molecule has 0 amide bonds. The molecule has 2 rings (SSSR count). The zero-order valence-corrected chi connectivity index (χ0v) is 11.4. The van der Waals surface area contributed by atoms with Crippen LogP contribution in [0.5, 0.6) is 0 Å². The molecular weight excluding hydrogens is 298 g/mol. The van der Waals surface area contributed by atoms with Gasteiger partial charge in [0.1, 0.15) is 0 Å². The van der Waals surface area contributed by atoms with Gasteiger partial charge in [-0.2, -0.15) is 0 Å². The minimum atomic E-state index is -0.446. The van der Waals surface area contributed by atoms with Crippen molar-refractivity contribution in [1.29, 1.82) is 0 Å². The van der Waals surface area contributed by atoms with Crippen molar-refractivity contribution in [2.75, 3.05) is 6.61 Å². The third-order valence-electron chi connectivity index (χ3n) is 2.26. The van der Waals surface area contributed by atoms with Gasteiger partial charge < -0.3 is 4.74 Å². The fourth-order valence-corrected chi connectivity index (χ4v) is 1.94. The lowest BCUT2D eigenvalue weighted by Crippen LogP contribution is -2.05. The van der Waals surface area contributed by atoms with E-state index in [4.69, 9.17) is 4.74 Å². The minimum Gasteiger partial charge on any atom is -0.461 e. The predicted octanol–water partition coefficient (Wildman–Crippen LogP) is 2.27. The van der Waals surface area contributed by atoms with Crippen molar-refractivity contribution in [2.24, 2.45) is 0 Å². The Balaban J connectivity index is 2.09. The number of aromatic nitrogens is 3. The van der Waals surface area contributed by atoms with E-state index in [2.05, 4.69) is 26.2 Å². The number of rotatable bonds is 4. The van der Waals surface area contributed by atoms with Gasteiger partial charge in [0.25, 0.3) is 0 Å². The third kappa shape index (κ3) is 3.16. The molecule has 0 saturated carbocycles. The smallest absolute Gasteiger partial charge is 0.360 e. The largest absolute Gasteiger partial charge is 0.461 e. The van der Waals surface area contributed by atoms with Crippen LogP contribution in [0.1, 0.15) is 23.0 Å². The molecule has 5 nitrogen and oxygen atoms in total. The average molecular weight is 310 g/mol. The molecular formula is C12H12BrN3O2. The van der Waals surface area contributed by atoms with E-state index in [0.29, 0.717) is 13.2 Å². The second kappa shape index (κ2) is 5.77. The van der Waals surface area contributed by atoms with Gasteiger partial charge in [0.05, 0.1) is 19.3 Å². The Labute approximate surface area is 113 Å². The molecule has 18 heavy (non-hydrogen) atoms. The van der Waals surface area contributed by atoms with Crippen LogP contribution < -0.4 is 0 Å². The summed E-state index contributed by atoms with van der Waals surface area (Å²) >= 11 is 3.41. The topological polar surface area (TPSA) is 57.0 Å². The summed E-state index contributed by atoms with van der Waals surface area (Å²) in [7, 11) is 0. The highest BCUT2D eigenvalue weighted by atomic mass is 79.9. The molecule has 94 valence electrons. The molecule has 0 atom stereocenters. The van der Waals surface area contributed by atoms with Crippen LogP contribution in [0.2, 0.25) is 0 Å². The lowest BCUT2D eigenvalue weighted by Gasteiger charge is -2.01. The molecule has 6 heteroatoms. The number of nitrogens with zero attached hydrogens (tertiary/aromatic N) is 3. The molecule has 1 aromatic carbocycles. The highest BCUT2D eigenvalue weighted by Crippen LogP contribution is 2.12. The van der Waals surface area contributed by atoms with Crippen molar-refractivity contribution < 1.29 is 9.53 Å². The van der Waals surface area contributed by atoms with Crippen LogP contribution in [0.25, 0.3) is 0 Å². The van der Waals surface area contributed by atoms with E-state index in [1.807, 2.05) is 24.3 Å². The summed E-state index contributed by atoms with van der Waals surface area (Å²) in [6.45, 7) is 2.65. The number of esters is 1. The van der Waals surface area contributed by atoms with E-state index in [0.717, 1.165) is 10.0 Å². The molecule has 2 aromatic rings. The molecule has 0 aliphatic rings. The molecule has 0 aliphatic carbocycles. The van der Waals surface area contributed by atoms with Crippen molar-refractivity contribution in [3.05, 3.63) is 46.2 Å². The van der Waals surface area contributed by atoms with Crippen LogP contribution in [0, 0.1) is 0 Å². The Bertz CT molecular complexity index is 554. The quantitative estimate of drug-likeness (QED) is 0.813. The Morgan fingerprint density at radius 3 is 3.06 bits per heavy atom. The molecule has 1 aromatic heterocycles. The first kappa shape index (κ1) is 12.8. The van der Waals surface area contributed by atoms with E-state index in [1.54, 1.807) is 17.8 Å². The van der Waals surface area contributed by atoms with Gasteiger partial charge in [-0.05, 0) is 24.6 Å². The molecule has 1 heterocycles. The second-order valence-corrected chi connectivity index (χ2v) is 4.57. The predicted molar refractivity (Wildman–Crippen MR) is 69.2 cm³/mol. The molecule has 0 unspecified atom stereocenters. The molecule has 0 radical (unpaired) electrons. The Morgan fingerprint density at radius 2 is 2.33 bits per heavy atom. The summed E-state index contributed by atoms with van der Waals surface area (Å²) < 4.78 is 7.46. The molecule has 0 bridgehead atoms. The van der Waals surface area contributed by atoms with Crippen LogP contribution in [0.3, 0.4) is 0 Å². The normalized spacial score (nSPS) is 10.3. The van der Waals surface area contributed by atoms with Crippen molar-refractivity contribution in [3.63, 3.8) is 0 Å². The van der Waals surface area contributed by atoms with E-state index in [9.17, 15) is 4.79 Å². The second-order valence-electron chi connectivity index (χ2n) is 3.65. The zero-order valence-electron chi connectivity index (χ0n) is 9.84. The van der Waals surface area contributed by atoms with Gasteiger partial charge in [0.15, 0.2) is 5.69 Å². The summed E-state index contributed by atoms with van der Waals surface area (Å²) in [6, 6.07) is 7.87. The molecule has 0 fully saturated rings. The van der Waals surface area contributed by atoms with Crippen molar-refractivity contribution in [3.8, 4) is 0 Å². The molecule has 0 N–H and O–H groups in total. The van der Waals surface area contributed by atoms with E-state index in [1.165, 1.54) is 0 Å². The third-order valence-corrected chi connectivity index (χ3v) is 2.75. The first-order valence-corrected chi connectivity index (χ1v) is 6.30. The Kier molecular flexibility index (Phi) is 4.09. The van der Waals surface area contributed by atoms with Crippen LogP contribution in [-0.2, 0) is 11.3 Å². The van der Waals surface area contributed by atoms with Gasteiger partial charge in [0.2, 0.25) is 0 Å². The highest BCUT2D eigenvalue weighted by molar-refractivity contribution is 9.10. The molecule has 0 saturated heterocycles. The van der Waals surface area contributed by atoms with E-state index < -0.39 is 5.97 Å². The van der Waals surface area contributed by atoms with Gasteiger partial charge >= 0.3 is 5.97 Å². The lowest BCUT2D eigenvalue weighted by atomic mass is 10.2. The number of benzene rings is 1. The van der Waals surface area contributed by atoms with Crippen molar-refractivity contribution in [2.45, 2.75) is 13.5 Å². The lowest BCUT2D eigenvalue weighted by molar-refractivity contribution is 0.0519. The monoisotopic (exact) mass is 309 g/mol. The number of hydrogen-bond donors (Lipinski definition) is 0. The highest BCUT2D eigenvalue weighted by Gasteiger charge is 2.11. The standard InChI is InChI=1S/C12H12BrN3O2/c1-2-18-12(17)11-8-16(15-14-11)7-9-4-3-5-10(13)6-9/h3-6,8H,2,7H2,1H3. The average Bonchev–Trinajstić information content (AvgIpc) is 2.78. The first-order valence-electron chi connectivity index (χ1n) is 5.50. The maximum Gasteiger partial charge on any atom is 0.360 e. The summed E-state index contributed by atoms with van der Waals surface area (Å²) in [6.07, 6.45) is 1.58. The fourth-order valence-electron chi connectivity index (χ4n) is 1.50. The number of carbonyl (C=O) groups excluding carboxylic acids is 1. The number of carbonyl (C=O) groups is 1. The molecule has 0 spiro atoms. The number of hydrogen-bond acceptors (Lipinski definition) is 4. The maximum absolute atomic E-state index is 11.4. The summed E-state index contributed by atoms with van der Waals surface area (Å²) in [5.41, 5.74) is 1.30. The summed E-state index contributed by atoms with van der Waals surface area (Å²) in [5.74, 6) is -0.446. The number of halogens is 1. The Morgan fingerprint density at radius 1 is 1.50 bits per heavy atom. The van der Waals surface area contributed by atoms with Crippen LogP contribution in [0.4, 0.5) is 0 Å². The Hall–Kier alpha value is -1.69. The van der Waals surface area contributed by atoms with E-state index in [-0.39, 0.29) is 5.69 Å². The summed E-state index contributed by atoms with van der Waals surface area (Å²) in [4.78, 5) is 11.4. The SMILES string of the molecule is CCOC(=O)c1cn(Cc2cccc(Br)c2)nn1. The van der Waals surface area contributed by atoms with Crippen LogP contribution in [0.15, 0.2) is 34.9 Å². The summed E-state index contributed by atoms with van der Waals surface area (Å²) in [5, 5.41) is 7.68. The maximum atomic E-state index is 11.4. The van der Waals surface area contributed by atoms with Gasteiger partial charge in [-0.15, -0.1) is 5.10 Å². The first-order chi connectivity index (χ1) is 8.69. The zero-order chi connectivity index (χ0) is 13.0. The number of ether oxygens (including phenoxy) is 1. The van der Waals surface area contributed by atoms with Crippen LogP contribution in [-0.4, -0.2) is 27.6 Å².